The van der Waals surface area contributed by atoms with Gasteiger partial charge in [0.2, 0.25) is 0 Å². The van der Waals surface area contributed by atoms with Crippen molar-refractivity contribution in [1.29, 1.82) is 0 Å². The van der Waals surface area contributed by atoms with Crippen LogP contribution in [0.5, 0.6) is 0 Å². The Kier molecular flexibility index (Phi) is 3.06. The number of hydrogen-bond acceptors (Lipinski definition) is 5. The summed E-state index contributed by atoms with van der Waals surface area (Å²) in [6.07, 6.45) is 1.94. The van der Waals surface area contributed by atoms with Crippen LogP contribution in [0.1, 0.15) is 33.2 Å². The first kappa shape index (κ1) is 12.9. The van der Waals surface area contributed by atoms with Gasteiger partial charge in [-0.05, 0) is 20.8 Å². The average Bonchev–Trinajstić information content (AvgIpc) is 3.05. The van der Waals surface area contributed by atoms with E-state index in [-0.39, 0.29) is 5.91 Å². The first-order valence-electron chi connectivity index (χ1n) is 6.19. The van der Waals surface area contributed by atoms with E-state index >= 15 is 0 Å². The van der Waals surface area contributed by atoms with Crippen molar-refractivity contribution in [2.24, 2.45) is 0 Å². The third-order valence-electron chi connectivity index (χ3n) is 3.13. The number of nitrogens with one attached hydrogen (secondary N) is 1. The molecule has 0 saturated heterocycles. The summed E-state index contributed by atoms with van der Waals surface area (Å²) in [5.41, 5.74) is 3.07. The van der Waals surface area contributed by atoms with Gasteiger partial charge in [-0.25, -0.2) is 4.98 Å². The van der Waals surface area contributed by atoms with Crippen LogP contribution in [0.15, 0.2) is 16.1 Å². The van der Waals surface area contributed by atoms with E-state index in [0.29, 0.717) is 23.6 Å². The van der Waals surface area contributed by atoms with E-state index in [1.807, 2.05) is 17.5 Å². The molecule has 1 amide bonds. The number of hydrogen-bond donors (Lipinski definition) is 1. The fourth-order valence-corrected chi connectivity index (χ4v) is 2.96. The van der Waals surface area contributed by atoms with E-state index in [1.165, 1.54) is 0 Å². The smallest absolute Gasteiger partial charge is 0.257 e. The monoisotopic (exact) mass is 290 g/mol. The lowest BCUT2D eigenvalue weighted by molar-refractivity contribution is 0.0948. The molecule has 3 heterocycles. The van der Waals surface area contributed by atoms with Gasteiger partial charge in [-0.1, -0.05) is 5.16 Å². The van der Waals surface area contributed by atoms with Gasteiger partial charge in [-0.15, -0.1) is 11.3 Å². The maximum atomic E-state index is 12.1. The van der Waals surface area contributed by atoms with Crippen molar-refractivity contribution >= 4 is 22.2 Å². The molecule has 0 aliphatic carbocycles. The number of amides is 1. The Morgan fingerprint density at radius 1 is 1.45 bits per heavy atom. The van der Waals surface area contributed by atoms with E-state index in [1.54, 1.807) is 25.2 Å². The molecule has 0 aromatic carbocycles. The third kappa shape index (κ3) is 2.09. The molecule has 3 aromatic heterocycles. The van der Waals surface area contributed by atoms with Crippen molar-refractivity contribution in [1.82, 2.24) is 19.9 Å². The summed E-state index contributed by atoms with van der Waals surface area (Å²) in [7, 11) is 0. The number of carbonyl (C=O) groups excluding carboxylic acids is 1. The minimum atomic E-state index is -0.186. The van der Waals surface area contributed by atoms with Crippen LogP contribution in [0.2, 0.25) is 0 Å². The number of aromatic nitrogens is 3. The fourth-order valence-electron chi connectivity index (χ4n) is 2.09. The molecule has 6 nitrogen and oxygen atoms in total. The second-order valence-electron chi connectivity index (χ2n) is 4.64. The van der Waals surface area contributed by atoms with Crippen LogP contribution >= 0.6 is 11.3 Å². The summed E-state index contributed by atoms with van der Waals surface area (Å²) in [5, 5.41) is 8.67. The van der Waals surface area contributed by atoms with E-state index in [2.05, 4.69) is 20.8 Å². The minimum Gasteiger partial charge on any atom is -0.361 e. The van der Waals surface area contributed by atoms with Crippen molar-refractivity contribution in [3.8, 4) is 0 Å². The number of thiazole rings is 1. The molecule has 20 heavy (non-hydrogen) atoms. The number of imidazole rings is 1. The fraction of sp³-hybridized carbons (Fsp3) is 0.308. The van der Waals surface area contributed by atoms with Gasteiger partial charge in [0.05, 0.1) is 17.9 Å². The molecule has 0 aliphatic rings. The second-order valence-corrected chi connectivity index (χ2v) is 5.48. The molecule has 0 spiro atoms. The molecule has 0 radical (unpaired) electrons. The standard InChI is InChI=1S/C13H14N4O2S/c1-7-6-20-13-15-10(5-17(7)13)4-14-12(18)11-8(2)16-19-9(11)3/h5-6H,4H2,1-3H3,(H,14,18). The molecular weight excluding hydrogens is 276 g/mol. The largest absolute Gasteiger partial charge is 0.361 e. The molecule has 0 unspecified atom stereocenters. The predicted molar refractivity (Wildman–Crippen MR) is 75.0 cm³/mol. The highest BCUT2D eigenvalue weighted by Gasteiger charge is 2.17. The normalized spacial score (nSPS) is 11.2. The summed E-state index contributed by atoms with van der Waals surface area (Å²) in [6, 6.07) is 0. The van der Waals surface area contributed by atoms with Gasteiger partial charge in [0.15, 0.2) is 4.96 Å². The topological polar surface area (TPSA) is 72.4 Å². The van der Waals surface area contributed by atoms with Crippen LogP contribution in [0.3, 0.4) is 0 Å². The lowest BCUT2D eigenvalue weighted by Crippen LogP contribution is -2.24. The van der Waals surface area contributed by atoms with E-state index in [0.717, 1.165) is 16.3 Å². The summed E-state index contributed by atoms with van der Waals surface area (Å²) in [4.78, 5) is 17.5. The Hall–Kier alpha value is -2.15. The molecule has 0 saturated carbocycles. The van der Waals surface area contributed by atoms with E-state index < -0.39 is 0 Å². The quantitative estimate of drug-likeness (QED) is 0.803. The Bertz CT molecular complexity index is 764. The molecule has 1 N–H and O–H groups in total. The Morgan fingerprint density at radius 3 is 2.90 bits per heavy atom. The summed E-state index contributed by atoms with van der Waals surface area (Å²) in [5.74, 6) is 0.344. The van der Waals surface area contributed by atoms with Crippen LogP contribution in [-0.2, 0) is 6.54 Å². The van der Waals surface area contributed by atoms with Crippen LogP contribution in [0.4, 0.5) is 0 Å². The first-order chi connectivity index (χ1) is 9.56. The molecule has 0 atom stereocenters. The second kappa shape index (κ2) is 4.75. The maximum Gasteiger partial charge on any atom is 0.257 e. The predicted octanol–water partition coefficient (Wildman–Crippen LogP) is 2.24. The van der Waals surface area contributed by atoms with Crippen molar-refractivity contribution in [3.63, 3.8) is 0 Å². The van der Waals surface area contributed by atoms with Gasteiger partial charge in [0.1, 0.15) is 11.3 Å². The summed E-state index contributed by atoms with van der Waals surface area (Å²) >= 11 is 1.59. The highest BCUT2D eigenvalue weighted by Crippen LogP contribution is 2.16. The molecule has 3 aromatic rings. The lowest BCUT2D eigenvalue weighted by atomic mass is 10.2. The van der Waals surface area contributed by atoms with Crippen LogP contribution in [-0.4, -0.2) is 20.4 Å². The van der Waals surface area contributed by atoms with Gasteiger partial charge in [0, 0.05) is 17.3 Å². The van der Waals surface area contributed by atoms with Crippen molar-refractivity contribution in [3.05, 3.63) is 40.0 Å². The lowest BCUT2D eigenvalue weighted by Gasteiger charge is -2.02. The maximum absolute atomic E-state index is 12.1. The highest BCUT2D eigenvalue weighted by molar-refractivity contribution is 7.15. The third-order valence-corrected chi connectivity index (χ3v) is 4.09. The Balaban J connectivity index is 1.74. The number of aryl methyl sites for hydroxylation is 3. The van der Waals surface area contributed by atoms with Crippen LogP contribution in [0.25, 0.3) is 4.96 Å². The van der Waals surface area contributed by atoms with Crippen LogP contribution < -0.4 is 5.32 Å². The first-order valence-corrected chi connectivity index (χ1v) is 7.07. The van der Waals surface area contributed by atoms with E-state index in [4.69, 9.17) is 4.52 Å². The van der Waals surface area contributed by atoms with Gasteiger partial charge < -0.3 is 9.84 Å². The van der Waals surface area contributed by atoms with Gasteiger partial charge in [0.25, 0.3) is 5.91 Å². The van der Waals surface area contributed by atoms with Crippen molar-refractivity contribution in [2.75, 3.05) is 0 Å². The van der Waals surface area contributed by atoms with Crippen molar-refractivity contribution in [2.45, 2.75) is 27.3 Å². The molecular formula is C13H14N4O2S. The highest BCUT2D eigenvalue weighted by atomic mass is 32.1. The average molecular weight is 290 g/mol. The van der Waals surface area contributed by atoms with Gasteiger partial charge in [-0.2, -0.15) is 0 Å². The number of rotatable bonds is 3. The molecule has 3 rings (SSSR count). The Morgan fingerprint density at radius 2 is 2.25 bits per heavy atom. The Labute approximate surface area is 119 Å². The number of fused-ring (bicyclic) bond motifs is 1. The molecule has 0 aliphatic heterocycles. The molecule has 0 bridgehead atoms. The summed E-state index contributed by atoms with van der Waals surface area (Å²) < 4.78 is 7.01. The van der Waals surface area contributed by atoms with Gasteiger partial charge in [-0.3, -0.25) is 9.20 Å². The zero-order valence-electron chi connectivity index (χ0n) is 11.4. The SMILES string of the molecule is Cc1noc(C)c1C(=O)NCc1cn2c(C)csc2n1. The molecule has 104 valence electrons. The zero-order chi connectivity index (χ0) is 14.3. The number of nitrogens with zero attached hydrogens (tertiary/aromatic N) is 3. The van der Waals surface area contributed by atoms with E-state index in [9.17, 15) is 4.79 Å². The van der Waals surface area contributed by atoms with Crippen molar-refractivity contribution < 1.29 is 9.32 Å². The van der Waals surface area contributed by atoms with Crippen LogP contribution in [0, 0.1) is 20.8 Å². The number of carbonyl (C=O) groups is 1. The molecule has 7 heteroatoms. The van der Waals surface area contributed by atoms with Gasteiger partial charge >= 0.3 is 0 Å². The summed E-state index contributed by atoms with van der Waals surface area (Å²) in [6.45, 7) is 5.89. The minimum absolute atomic E-state index is 0.186. The molecule has 0 fully saturated rings. The zero-order valence-corrected chi connectivity index (χ0v) is 12.2.